The topological polar surface area (TPSA) is 75.7 Å². The molecular weight excluding hydrogens is 494 g/mol. The van der Waals surface area contributed by atoms with E-state index < -0.39 is 12.0 Å². The predicted molar refractivity (Wildman–Crippen MR) is 133 cm³/mol. The number of likely N-dealkylation sites (tertiary alicyclic amines) is 1. The van der Waals surface area contributed by atoms with Gasteiger partial charge in [0.15, 0.2) is 0 Å². The van der Waals surface area contributed by atoms with Crippen molar-refractivity contribution in [1.29, 1.82) is 0 Å². The van der Waals surface area contributed by atoms with E-state index >= 15 is 0 Å². The number of nitrogens with zero attached hydrogens (tertiary/aromatic N) is 1. The molecule has 0 bridgehead atoms. The molecule has 1 heterocycles. The lowest BCUT2D eigenvalue weighted by Gasteiger charge is -2.32. The van der Waals surface area contributed by atoms with Crippen molar-refractivity contribution in [3.05, 3.63) is 69.5 Å². The van der Waals surface area contributed by atoms with Crippen LogP contribution in [0.5, 0.6) is 0 Å². The summed E-state index contributed by atoms with van der Waals surface area (Å²) in [6, 6.07) is 10.5. The number of carbonyl (C=O) groups excluding carboxylic acids is 3. The molecule has 6 nitrogen and oxygen atoms in total. The summed E-state index contributed by atoms with van der Waals surface area (Å²) >= 11 is 12.0. The van der Waals surface area contributed by atoms with Crippen molar-refractivity contribution in [3.63, 3.8) is 0 Å². The zero-order valence-corrected chi connectivity index (χ0v) is 21.1. The zero-order chi connectivity index (χ0) is 25.4. The molecule has 3 rings (SSSR count). The second kappa shape index (κ2) is 12.9. The summed E-state index contributed by atoms with van der Waals surface area (Å²) in [5, 5.41) is 3.56. The molecule has 9 heteroatoms. The third-order valence-electron chi connectivity index (χ3n) is 6.20. The highest BCUT2D eigenvalue weighted by atomic mass is 35.5. The first-order valence-corrected chi connectivity index (χ1v) is 12.3. The predicted octanol–water partition coefficient (Wildman–Crippen LogP) is 4.59. The molecule has 0 unspecified atom stereocenters. The largest absolute Gasteiger partial charge is 0.467 e. The van der Waals surface area contributed by atoms with Gasteiger partial charge in [-0.15, -0.1) is 0 Å². The molecule has 35 heavy (non-hydrogen) atoms. The SMILES string of the molecule is COC(=O)[C@H](Cc1ccc(Cl)c(Cl)c1)NC(=O)CC1CCN(C(=O)CCc2cccc(F)c2)CC1. The van der Waals surface area contributed by atoms with Crippen LogP contribution in [-0.2, 0) is 32.0 Å². The van der Waals surface area contributed by atoms with Crippen LogP contribution in [0.4, 0.5) is 4.39 Å². The first-order valence-electron chi connectivity index (χ1n) is 11.6. The Labute approximate surface area is 214 Å². The van der Waals surface area contributed by atoms with Gasteiger partial charge < -0.3 is 15.0 Å². The molecule has 188 valence electrons. The van der Waals surface area contributed by atoms with E-state index in [1.807, 2.05) is 6.07 Å². The van der Waals surface area contributed by atoms with Gasteiger partial charge in [-0.05, 0) is 60.6 Å². The van der Waals surface area contributed by atoms with Crippen molar-refractivity contribution in [2.45, 2.75) is 44.6 Å². The van der Waals surface area contributed by atoms with Crippen LogP contribution in [0, 0.1) is 11.7 Å². The normalized spacial score (nSPS) is 14.9. The molecule has 0 spiro atoms. The van der Waals surface area contributed by atoms with Gasteiger partial charge in [-0.1, -0.05) is 41.4 Å². The number of hydrogen-bond acceptors (Lipinski definition) is 4. The van der Waals surface area contributed by atoms with E-state index in [0.717, 1.165) is 11.1 Å². The molecule has 0 aliphatic carbocycles. The van der Waals surface area contributed by atoms with Crippen molar-refractivity contribution < 1.29 is 23.5 Å². The van der Waals surface area contributed by atoms with Gasteiger partial charge in [-0.3, -0.25) is 9.59 Å². The Balaban J connectivity index is 1.45. The summed E-state index contributed by atoms with van der Waals surface area (Å²) in [6.07, 6.45) is 2.72. The van der Waals surface area contributed by atoms with E-state index in [-0.39, 0.29) is 36.4 Å². The minimum Gasteiger partial charge on any atom is -0.467 e. The number of carbonyl (C=O) groups is 3. The van der Waals surface area contributed by atoms with E-state index in [9.17, 15) is 18.8 Å². The highest BCUT2D eigenvalue weighted by Crippen LogP contribution is 2.24. The average Bonchev–Trinajstić information content (AvgIpc) is 2.84. The number of halogens is 3. The van der Waals surface area contributed by atoms with Gasteiger partial charge in [0, 0.05) is 32.4 Å². The molecule has 1 aliphatic rings. The average molecular weight is 523 g/mol. The molecule has 1 atom stereocenters. The highest BCUT2D eigenvalue weighted by molar-refractivity contribution is 6.42. The van der Waals surface area contributed by atoms with Crippen LogP contribution in [0.25, 0.3) is 0 Å². The van der Waals surface area contributed by atoms with Crippen molar-refractivity contribution >= 4 is 41.0 Å². The maximum absolute atomic E-state index is 13.3. The molecule has 2 amide bonds. The molecule has 0 saturated carbocycles. The maximum Gasteiger partial charge on any atom is 0.328 e. The Bertz CT molecular complexity index is 1060. The fourth-order valence-electron chi connectivity index (χ4n) is 4.24. The molecule has 0 aromatic heterocycles. The standard InChI is InChI=1S/C26H29Cl2FN2O4/c1-35-26(34)23(15-19-5-7-21(27)22(28)14-19)30-24(32)16-18-9-11-31(12-10-18)25(33)8-6-17-3-2-4-20(29)13-17/h2-5,7,13-14,18,23H,6,8-12,15-16H2,1H3,(H,30,32)/t23-/m0/s1. The summed E-state index contributed by atoms with van der Waals surface area (Å²) < 4.78 is 18.2. The van der Waals surface area contributed by atoms with Crippen LogP contribution in [0.15, 0.2) is 42.5 Å². The molecule has 1 saturated heterocycles. The first-order chi connectivity index (χ1) is 16.7. The minimum absolute atomic E-state index is 0.0320. The van der Waals surface area contributed by atoms with Gasteiger partial charge in [0.1, 0.15) is 11.9 Å². The number of esters is 1. The summed E-state index contributed by atoms with van der Waals surface area (Å²) in [6.45, 7) is 1.15. The van der Waals surface area contributed by atoms with Crippen molar-refractivity contribution in [3.8, 4) is 0 Å². The molecule has 2 aromatic carbocycles. The van der Waals surface area contributed by atoms with E-state index in [2.05, 4.69) is 5.32 Å². The van der Waals surface area contributed by atoms with Crippen LogP contribution >= 0.6 is 23.2 Å². The number of piperidine rings is 1. The minimum atomic E-state index is -0.839. The number of benzene rings is 2. The fraction of sp³-hybridized carbons (Fsp3) is 0.423. The van der Waals surface area contributed by atoms with Crippen molar-refractivity contribution in [2.75, 3.05) is 20.2 Å². The number of hydrogen-bond donors (Lipinski definition) is 1. The molecular formula is C26H29Cl2FN2O4. The monoisotopic (exact) mass is 522 g/mol. The van der Waals surface area contributed by atoms with Crippen LogP contribution < -0.4 is 5.32 Å². The van der Waals surface area contributed by atoms with Gasteiger partial charge in [0.05, 0.1) is 17.2 Å². The second-order valence-corrected chi connectivity index (χ2v) is 9.57. The van der Waals surface area contributed by atoms with Crippen molar-refractivity contribution in [2.24, 2.45) is 5.92 Å². The number of ether oxygens (including phenoxy) is 1. The fourth-order valence-corrected chi connectivity index (χ4v) is 4.56. The smallest absolute Gasteiger partial charge is 0.328 e. The Morgan fingerprint density at radius 1 is 1.09 bits per heavy atom. The summed E-state index contributed by atoms with van der Waals surface area (Å²) in [4.78, 5) is 39.3. The second-order valence-electron chi connectivity index (χ2n) is 8.75. The molecule has 2 aromatic rings. The Hall–Kier alpha value is -2.64. The van der Waals surface area contributed by atoms with Crippen LogP contribution in [0.1, 0.15) is 36.8 Å². The van der Waals surface area contributed by atoms with Crippen LogP contribution in [0.3, 0.4) is 0 Å². The molecule has 1 N–H and O–H groups in total. The number of nitrogens with one attached hydrogen (secondary N) is 1. The van der Waals surface area contributed by atoms with E-state index in [0.29, 0.717) is 48.8 Å². The number of amides is 2. The Morgan fingerprint density at radius 2 is 1.83 bits per heavy atom. The first kappa shape index (κ1) is 27.0. The van der Waals surface area contributed by atoms with E-state index in [1.54, 1.807) is 29.2 Å². The van der Waals surface area contributed by atoms with Crippen LogP contribution in [-0.4, -0.2) is 48.9 Å². The highest BCUT2D eigenvalue weighted by Gasteiger charge is 2.27. The quantitative estimate of drug-likeness (QED) is 0.488. The van der Waals surface area contributed by atoms with E-state index in [4.69, 9.17) is 27.9 Å². The number of methoxy groups -OCH3 is 1. The van der Waals surface area contributed by atoms with Gasteiger partial charge in [-0.2, -0.15) is 0 Å². The number of aryl methyl sites for hydroxylation is 1. The van der Waals surface area contributed by atoms with Gasteiger partial charge in [-0.25, -0.2) is 9.18 Å². The summed E-state index contributed by atoms with van der Waals surface area (Å²) in [7, 11) is 1.28. The maximum atomic E-state index is 13.3. The van der Waals surface area contributed by atoms with Crippen molar-refractivity contribution in [1.82, 2.24) is 10.2 Å². The lowest BCUT2D eigenvalue weighted by Crippen LogP contribution is -2.44. The van der Waals surface area contributed by atoms with Gasteiger partial charge in [0.2, 0.25) is 11.8 Å². The lowest BCUT2D eigenvalue weighted by molar-refractivity contribution is -0.145. The molecule has 1 aliphatic heterocycles. The third-order valence-corrected chi connectivity index (χ3v) is 6.94. The summed E-state index contributed by atoms with van der Waals surface area (Å²) in [5.41, 5.74) is 1.55. The Kier molecular flexibility index (Phi) is 9.93. The Morgan fingerprint density at radius 3 is 2.49 bits per heavy atom. The third kappa shape index (κ3) is 8.22. The zero-order valence-electron chi connectivity index (χ0n) is 19.6. The number of rotatable bonds is 9. The van der Waals surface area contributed by atoms with Gasteiger partial charge >= 0.3 is 5.97 Å². The van der Waals surface area contributed by atoms with Gasteiger partial charge in [0.25, 0.3) is 0 Å². The van der Waals surface area contributed by atoms with Crippen LogP contribution in [0.2, 0.25) is 10.0 Å². The van der Waals surface area contributed by atoms with E-state index in [1.165, 1.54) is 19.2 Å². The molecule has 1 fully saturated rings. The molecule has 0 radical (unpaired) electrons. The summed E-state index contributed by atoms with van der Waals surface area (Å²) in [5.74, 6) is -0.935. The lowest BCUT2D eigenvalue weighted by atomic mass is 9.92.